The molecule has 25 heavy (non-hydrogen) atoms. The Morgan fingerprint density at radius 3 is 2.48 bits per heavy atom. The van der Waals surface area contributed by atoms with Crippen LogP contribution in [0.2, 0.25) is 0 Å². The maximum Gasteiger partial charge on any atom is 0.310 e. The number of esters is 1. The van der Waals surface area contributed by atoms with Crippen LogP contribution in [0.3, 0.4) is 0 Å². The molecule has 1 saturated heterocycles. The summed E-state index contributed by atoms with van der Waals surface area (Å²) in [5, 5.41) is 32.3. The third-order valence-electron chi connectivity index (χ3n) is 7.88. The van der Waals surface area contributed by atoms with Crippen LogP contribution >= 0.6 is 0 Å². The fourth-order valence-electron chi connectivity index (χ4n) is 6.72. The maximum absolute atomic E-state index is 13.2. The van der Waals surface area contributed by atoms with Crippen molar-refractivity contribution in [1.82, 2.24) is 0 Å². The Hall–Kier alpha value is -1.24. The number of aliphatic hydroxyl groups excluding tert-OH is 3. The second-order valence-corrected chi connectivity index (χ2v) is 8.88. The lowest BCUT2D eigenvalue weighted by Crippen LogP contribution is -2.70. The van der Waals surface area contributed by atoms with E-state index in [2.05, 4.69) is 0 Å². The summed E-state index contributed by atoms with van der Waals surface area (Å²) in [7, 11) is 0. The minimum absolute atomic E-state index is 0.0653. The number of carbonyl (C=O) groups is 2. The van der Waals surface area contributed by atoms with Crippen LogP contribution in [-0.2, 0) is 14.3 Å². The van der Waals surface area contributed by atoms with Crippen molar-refractivity contribution in [3.8, 4) is 0 Å². The second-order valence-electron chi connectivity index (χ2n) is 8.88. The lowest BCUT2D eigenvalue weighted by Gasteiger charge is -2.63. The van der Waals surface area contributed by atoms with Crippen molar-refractivity contribution in [3.05, 3.63) is 11.6 Å². The highest BCUT2D eigenvalue weighted by atomic mass is 16.6. The number of rotatable bonds is 0. The van der Waals surface area contributed by atoms with Gasteiger partial charge in [0.1, 0.15) is 11.9 Å². The van der Waals surface area contributed by atoms with Gasteiger partial charge < -0.3 is 20.1 Å². The Labute approximate surface area is 146 Å². The number of hydrogen-bond acceptors (Lipinski definition) is 6. The van der Waals surface area contributed by atoms with Crippen molar-refractivity contribution < 1.29 is 29.6 Å². The normalized spacial score (nSPS) is 57.5. The molecule has 6 unspecified atom stereocenters. The van der Waals surface area contributed by atoms with Crippen molar-refractivity contribution in [1.29, 1.82) is 0 Å². The number of Topliss-reactive ketones (excluding diaryl/α,β-unsaturated/α-hetero) is 1. The van der Waals surface area contributed by atoms with Crippen molar-refractivity contribution in [2.45, 2.75) is 58.5 Å². The topological polar surface area (TPSA) is 104 Å². The van der Waals surface area contributed by atoms with E-state index in [1.54, 1.807) is 13.0 Å². The average Bonchev–Trinajstić information content (AvgIpc) is 2.78. The summed E-state index contributed by atoms with van der Waals surface area (Å²) < 4.78 is 5.43. The largest absolute Gasteiger partial charge is 0.459 e. The van der Waals surface area contributed by atoms with Crippen LogP contribution in [0.5, 0.6) is 0 Å². The highest BCUT2D eigenvalue weighted by Gasteiger charge is 2.74. The van der Waals surface area contributed by atoms with Gasteiger partial charge in [-0.3, -0.25) is 9.59 Å². The Kier molecular flexibility index (Phi) is 3.39. The molecule has 0 spiro atoms. The van der Waals surface area contributed by atoms with Gasteiger partial charge in [0.25, 0.3) is 0 Å². The van der Waals surface area contributed by atoms with Crippen LogP contribution in [-0.4, -0.2) is 51.5 Å². The smallest absolute Gasteiger partial charge is 0.310 e. The number of ketones is 1. The number of allylic oxidation sites excluding steroid dienone is 1. The van der Waals surface area contributed by atoms with E-state index in [9.17, 15) is 24.9 Å². The lowest BCUT2D eigenvalue weighted by atomic mass is 9.40. The Bertz CT molecular complexity index is 685. The van der Waals surface area contributed by atoms with E-state index in [-0.39, 0.29) is 24.0 Å². The highest BCUT2D eigenvalue weighted by molar-refractivity contribution is 5.93. The van der Waals surface area contributed by atoms with Gasteiger partial charge in [-0.05, 0) is 12.8 Å². The predicted octanol–water partition coefficient (Wildman–Crippen LogP) is 0.438. The van der Waals surface area contributed by atoms with Crippen molar-refractivity contribution in [3.63, 3.8) is 0 Å². The summed E-state index contributed by atoms with van der Waals surface area (Å²) in [5.41, 5.74) is -1.17. The zero-order chi connectivity index (χ0) is 18.5. The molecule has 3 aliphatic carbocycles. The third-order valence-corrected chi connectivity index (χ3v) is 7.88. The van der Waals surface area contributed by atoms with Crippen LogP contribution < -0.4 is 0 Å². The molecule has 3 fully saturated rings. The van der Waals surface area contributed by atoms with E-state index in [1.165, 1.54) is 0 Å². The molecule has 0 radical (unpaired) electrons. The number of aliphatic hydroxyl groups is 3. The average molecular weight is 350 g/mol. The van der Waals surface area contributed by atoms with Crippen LogP contribution in [0.25, 0.3) is 0 Å². The molecule has 6 nitrogen and oxygen atoms in total. The minimum atomic E-state index is -1.11. The molecule has 1 heterocycles. The first-order chi connectivity index (χ1) is 11.6. The zero-order valence-corrected chi connectivity index (χ0v) is 15.0. The van der Waals surface area contributed by atoms with E-state index in [0.717, 1.165) is 5.57 Å². The molecule has 6 heteroatoms. The summed E-state index contributed by atoms with van der Waals surface area (Å²) in [6, 6.07) is 0. The zero-order valence-electron chi connectivity index (χ0n) is 15.0. The standard InChI is InChI=1S/C19H26O6/c1-7-5-10(20)16(23)18(3)9(7)6-11(21)19(4)12-8(2)14(25-17(12)24)13(22)15(18)19/h5,8-10,12-16,20,22-23H,6H2,1-4H3/t8?,9?,10?,12?,13-,14?,15?,16+,18-,19-/m0/s1. The monoisotopic (exact) mass is 350 g/mol. The summed E-state index contributed by atoms with van der Waals surface area (Å²) in [5.74, 6) is -2.30. The van der Waals surface area contributed by atoms with Crippen LogP contribution in [0.15, 0.2) is 11.6 Å². The van der Waals surface area contributed by atoms with E-state index in [4.69, 9.17) is 4.74 Å². The van der Waals surface area contributed by atoms with Gasteiger partial charge in [-0.2, -0.15) is 0 Å². The minimum Gasteiger partial charge on any atom is -0.459 e. The number of ether oxygens (including phenoxy) is 1. The molecule has 2 bridgehead atoms. The van der Waals surface area contributed by atoms with Gasteiger partial charge in [0, 0.05) is 29.1 Å². The Morgan fingerprint density at radius 2 is 1.84 bits per heavy atom. The van der Waals surface area contributed by atoms with Gasteiger partial charge >= 0.3 is 5.97 Å². The van der Waals surface area contributed by atoms with E-state index < -0.39 is 53.1 Å². The summed E-state index contributed by atoms with van der Waals surface area (Å²) in [6.07, 6.45) is -2.10. The summed E-state index contributed by atoms with van der Waals surface area (Å²) >= 11 is 0. The quantitative estimate of drug-likeness (QED) is 0.433. The molecule has 4 rings (SSSR count). The van der Waals surface area contributed by atoms with Crippen LogP contribution in [0.1, 0.15) is 34.1 Å². The predicted molar refractivity (Wildman–Crippen MR) is 87.1 cm³/mol. The third kappa shape index (κ3) is 1.76. The summed E-state index contributed by atoms with van der Waals surface area (Å²) in [6.45, 7) is 7.26. The maximum atomic E-state index is 13.2. The highest BCUT2D eigenvalue weighted by Crippen LogP contribution is 2.66. The van der Waals surface area contributed by atoms with Gasteiger partial charge in [0.15, 0.2) is 0 Å². The van der Waals surface area contributed by atoms with Crippen molar-refractivity contribution in [2.75, 3.05) is 0 Å². The molecule has 3 N–H and O–H groups in total. The van der Waals surface area contributed by atoms with Gasteiger partial charge in [0.2, 0.25) is 0 Å². The Morgan fingerprint density at radius 1 is 1.20 bits per heavy atom. The van der Waals surface area contributed by atoms with Gasteiger partial charge in [0.05, 0.1) is 24.2 Å². The molecule has 2 saturated carbocycles. The molecule has 4 aliphatic rings. The number of hydrogen-bond donors (Lipinski definition) is 3. The molecule has 138 valence electrons. The van der Waals surface area contributed by atoms with Gasteiger partial charge in [-0.15, -0.1) is 0 Å². The molecule has 0 aromatic rings. The van der Waals surface area contributed by atoms with E-state index in [0.29, 0.717) is 0 Å². The molecule has 0 amide bonds. The van der Waals surface area contributed by atoms with Crippen molar-refractivity contribution in [2.24, 2.45) is 34.5 Å². The Balaban J connectivity index is 1.94. The molecule has 0 aromatic heterocycles. The number of carbonyl (C=O) groups excluding carboxylic acids is 2. The molecular formula is C19H26O6. The van der Waals surface area contributed by atoms with E-state index >= 15 is 0 Å². The van der Waals surface area contributed by atoms with Gasteiger partial charge in [-0.25, -0.2) is 0 Å². The SMILES string of the molecule is CC1=CC(O)[C@@H](O)[C@@]2(C)C1CC(=O)[C@@]1(C)C3C(=O)OC(C3C)[C@H](O)C12. The molecule has 1 aliphatic heterocycles. The van der Waals surface area contributed by atoms with Crippen molar-refractivity contribution >= 4 is 11.8 Å². The fourth-order valence-corrected chi connectivity index (χ4v) is 6.72. The summed E-state index contributed by atoms with van der Waals surface area (Å²) in [4.78, 5) is 25.7. The van der Waals surface area contributed by atoms with E-state index in [1.807, 2.05) is 20.8 Å². The van der Waals surface area contributed by atoms with Gasteiger partial charge in [-0.1, -0.05) is 32.4 Å². The first-order valence-electron chi connectivity index (χ1n) is 9.02. The first-order valence-corrected chi connectivity index (χ1v) is 9.02. The number of fused-ring (bicyclic) bond motifs is 6. The van der Waals surface area contributed by atoms with Crippen LogP contribution in [0.4, 0.5) is 0 Å². The first kappa shape index (κ1) is 17.2. The second kappa shape index (κ2) is 4.93. The lowest BCUT2D eigenvalue weighted by molar-refractivity contribution is -0.219. The molecule has 0 aromatic carbocycles. The fraction of sp³-hybridized carbons (Fsp3) is 0.789. The van der Waals surface area contributed by atoms with Crippen LogP contribution in [0, 0.1) is 34.5 Å². The molecular weight excluding hydrogens is 324 g/mol. The molecule has 10 atom stereocenters.